The number of esters is 1. The van der Waals surface area contributed by atoms with Crippen molar-refractivity contribution in [1.29, 1.82) is 0 Å². The Labute approximate surface area is 129 Å². The zero-order chi connectivity index (χ0) is 15.9. The smallest absolute Gasteiger partial charge is 0.305 e. The Hall–Kier alpha value is -1.76. The maximum atomic E-state index is 13.5. The molecule has 1 saturated carbocycles. The Morgan fingerprint density at radius 1 is 1.32 bits per heavy atom. The van der Waals surface area contributed by atoms with Crippen LogP contribution in [-0.2, 0) is 14.3 Å². The largest absolute Gasteiger partial charge is 0.469 e. The van der Waals surface area contributed by atoms with Crippen molar-refractivity contribution in [2.45, 2.75) is 38.0 Å². The number of hydrogen-bond acceptors (Lipinski definition) is 6. The number of carbonyl (C=O) groups excluding carboxylic acids is 1. The van der Waals surface area contributed by atoms with E-state index in [9.17, 15) is 9.18 Å². The lowest BCUT2D eigenvalue weighted by Crippen LogP contribution is -2.19. The second kappa shape index (κ2) is 8.03. The van der Waals surface area contributed by atoms with Crippen molar-refractivity contribution in [2.24, 2.45) is 5.92 Å². The van der Waals surface area contributed by atoms with Crippen LogP contribution in [0.5, 0.6) is 5.88 Å². The van der Waals surface area contributed by atoms with Gasteiger partial charge in [0.15, 0.2) is 6.79 Å². The third-order valence-electron chi connectivity index (χ3n) is 3.94. The van der Waals surface area contributed by atoms with Gasteiger partial charge >= 0.3 is 5.97 Å². The first kappa shape index (κ1) is 16.6. The van der Waals surface area contributed by atoms with Gasteiger partial charge in [-0.25, -0.2) is 4.98 Å². The number of aromatic nitrogens is 2. The Bertz CT molecular complexity index is 504. The van der Waals surface area contributed by atoms with Gasteiger partial charge in [-0.1, -0.05) is 0 Å². The summed E-state index contributed by atoms with van der Waals surface area (Å²) in [6.45, 7) is -0.0563. The molecule has 0 bridgehead atoms. The molecule has 0 N–H and O–H groups in total. The summed E-state index contributed by atoms with van der Waals surface area (Å²) in [5.74, 6) is 0.247. The van der Waals surface area contributed by atoms with E-state index in [1.807, 2.05) is 0 Å². The molecule has 1 fully saturated rings. The highest BCUT2D eigenvalue weighted by Crippen LogP contribution is 2.36. The number of hydrogen-bond donors (Lipinski definition) is 0. The molecule has 0 aromatic carbocycles. The number of carbonyl (C=O) groups is 1. The zero-order valence-electron chi connectivity index (χ0n) is 12.9. The van der Waals surface area contributed by atoms with Crippen molar-refractivity contribution in [1.82, 2.24) is 9.97 Å². The van der Waals surface area contributed by atoms with Gasteiger partial charge in [-0.05, 0) is 31.6 Å². The van der Waals surface area contributed by atoms with E-state index in [0.29, 0.717) is 18.2 Å². The quantitative estimate of drug-likeness (QED) is 0.593. The van der Waals surface area contributed by atoms with Gasteiger partial charge in [0.25, 0.3) is 5.88 Å². The van der Waals surface area contributed by atoms with E-state index in [-0.39, 0.29) is 24.6 Å². The average molecular weight is 312 g/mol. The molecule has 1 aliphatic rings. The van der Waals surface area contributed by atoms with E-state index in [1.54, 1.807) is 0 Å². The van der Waals surface area contributed by atoms with Crippen LogP contribution in [0.4, 0.5) is 4.39 Å². The van der Waals surface area contributed by atoms with Crippen molar-refractivity contribution in [2.75, 3.05) is 21.0 Å². The van der Waals surface area contributed by atoms with Crippen LogP contribution in [-0.4, -0.2) is 36.9 Å². The van der Waals surface area contributed by atoms with Crippen LogP contribution < -0.4 is 4.74 Å². The van der Waals surface area contributed by atoms with Crippen LogP contribution in [0.15, 0.2) is 6.20 Å². The molecule has 0 amide bonds. The molecule has 1 heterocycles. The number of rotatable bonds is 6. The molecule has 122 valence electrons. The summed E-state index contributed by atoms with van der Waals surface area (Å²) in [5.41, 5.74) is 0. The lowest BCUT2D eigenvalue weighted by Gasteiger charge is -2.27. The first-order chi connectivity index (χ1) is 10.6. The maximum Gasteiger partial charge on any atom is 0.305 e. The van der Waals surface area contributed by atoms with Gasteiger partial charge in [-0.3, -0.25) is 4.79 Å². The van der Waals surface area contributed by atoms with Crippen molar-refractivity contribution in [3.8, 4) is 5.88 Å². The van der Waals surface area contributed by atoms with Gasteiger partial charge in [-0.15, -0.1) is 0 Å². The van der Waals surface area contributed by atoms with Crippen LogP contribution in [0.1, 0.15) is 43.8 Å². The molecule has 1 aromatic heterocycles. The summed E-state index contributed by atoms with van der Waals surface area (Å²) in [6.07, 6.45) is 5.15. The minimum Gasteiger partial charge on any atom is -0.469 e. The molecule has 6 nitrogen and oxygen atoms in total. The average Bonchev–Trinajstić information content (AvgIpc) is 2.55. The third kappa shape index (κ3) is 4.37. The molecule has 0 atom stereocenters. The standard InChI is InChI=1S/C15H21FN2O4/c1-20-9-22-15-12(16)8-17-14(18-15)11-5-3-10(4-6-11)7-13(19)21-2/h8,10-11H,3-7,9H2,1-2H3. The van der Waals surface area contributed by atoms with Gasteiger partial charge in [0, 0.05) is 19.4 Å². The highest BCUT2D eigenvalue weighted by Gasteiger charge is 2.26. The SMILES string of the molecule is COCOc1nc(C2CCC(CC(=O)OC)CC2)ncc1F. The highest BCUT2D eigenvalue weighted by atomic mass is 19.1. The minimum atomic E-state index is -0.597. The van der Waals surface area contributed by atoms with E-state index in [2.05, 4.69) is 9.97 Å². The molecule has 7 heteroatoms. The Morgan fingerprint density at radius 3 is 2.68 bits per heavy atom. The lowest BCUT2D eigenvalue weighted by molar-refractivity contribution is -0.142. The van der Waals surface area contributed by atoms with Gasteiger partial charge in [0.1, 0.15) is 5.82 Å². The molecular formula is C15H21FN2O4. The first-order valence-electron chi connectivity index (χ1n) is 7.35. The Kier molecular flexibility index (Phi) is 6.06. The predicted molar refractivity (Wildman–Crippen MR) is 75.8 cm³/mol. The van der Waals surface area contributed by atoms with Crippen molar-refractivity contribution < 1.29 is 23.4 Å². The van der Waals surface area contributed by atoms with Crippen molar-refractivity contribution in [3.05, 3.63) is 17.8 Å². The van der Waals surface area contributed by atoms with Crippen LogP contribution >= 0.6 is 0 Å². The summed E-state index contributed by atoms with van der Waals surface area (Å²) in [4.78, 5) is 19.5. The van der Waals surface area contributed by atoms with E-state index >= 15 is 0 Å². The molecule has 0 radical (unpaired) electrons. The van der Waals surface area contributed by atoms with Gasteiger partial charge < -0.3 is 14.2 Å². The number of methoxy groups -OCH3 is 2. The second-order valence-electron chi connectivity index (χ2n) is 5.43. The lowest BCUT2D eigenvalue weighted by atomic mass is 9.80. The zero-order valence-corrected chi connectivity index (χ0v) is 12.9. The predicted octanol–water partition coefficient (Wildman–Crippen LogP) is 2.44. The molecule has 22 heavy (non-hydrogen) atoms. The fourth-order valence-corrected chi connectivity index (χ4v) is 2.72. The summed E-state index contributed by atoms with van der Waals surface area (Å²) in [7, 11) is 2.87. The number of nitrogens with zero attached hydrogens (tertiary/aromatic N) is 2. The Morgan fingerprint density at radius 2 is 2.05 bits per heavy atom. The van der Waals surface area contributed by atoms with E-state index in [4.69, 9.17) is 14.2 Å². The normalized spacial score (nSPS) is 21.4. The summed E-state index contributed by atoms with van der Waals surface area (Å²) in [5, 5.41) is 0. The minimum absolute atomic E-state index is 0.0563. The van der Waals surface area contributed by atoms with E-state index in [1.165, 1.54) is 14.2 Å². The fourth-order valence-electron chi connectivity index (χ4n) is 2.72. The fraction of sp³-hybridized carbons (Fsp3) is 0.667. The summed E-state index contributed by atoms with van der Waals surface area (Å²) < 4.78 is 28.1. The second-order valence-corrected chi connectivity index (χ2v) is 5.43. The number of halogens is 1. The first-order valence-corrected chi connectivity index (χ1v) is 7.35. The summed E-state index contributed by atoms with van der Waals surface area (Å²) in [6, 6.07) is 0. The van der Waals surface area contributed by atoms with Gasteiger partial charge in [0.2, 0.25) is 5.82 Å². The summed E-state index contributed by atoms with van der Waals surface area (Å²) >= 11 is 0. The molecular weight excluding hydrogens is 291 g/mol. The van der Waals surface area contributed by atoms with Crippen LogP contribution in [0.3, 0.4) is 0 Å². The molecule has 0 unspecified atom stereocenters. The van der Waals surface area contributed by atoms with E-state index in [0.717, 1.165) is 31.9 Å². The van der Waals surface area contributed by atoms with Crippen molar-refractivity contribution >= 4 is 5.97 Å². The molecule has 0 spiro atoms. The van der Waals surface area contributed by atoms with E-state index < -0.39 is 5.82 Å². The van der Waals surface area contributed by atoms with Gasteiger partial charge in [0.05, 0.1) is 13.3 Å². The topological polar surface area (TPSA) is 70.5 Å². The molecule has 0 saturated heterocycles. The molecule has 0 aliphatic heterocycles. The molecule has 2 rings (SSSR count). The number of ether oxygens (including phenoxy) is 3. The van der Waals surface area contributed by atoms with Crippen LogP contribution in [0.25, 0.3) is 0 Å². The van der Waals surface area contributed by atoms with Crippen LogP contribution in [0.2, 0.25) is 0 Å². The maximum absolute atomic E-state index is 13.5. The monoisotopic (exact) mass is 312 g/mol. The van der Waals surface area contributed by atoms with Crippen molar-refractivity contribution in [3.63, 3.8) is 0 Å². The molecule has 1 aromatic rings. The van der Waals surface area contributed by atoms with Crippen LogP contribution in [0, 0.1) is 11.7 Å². The molecule has 1 aliphatic carbocycles. The Balaban J connectivity index is 1.94. The van der Waals surface area contributed by atoms with Gasteiger partial charge in [-0.2, -0.15) is 9.37 Å². The third-order valence-corrected chi connectivity index (χ3v) is 3.94. The highest BCUT2D eigenvalue weighted by molar-refractivity contribution is 5.69.